The molecule has 0 heterocycles. The third-order valence-electron chi connectivity index (χ3n) is 5.34. The summed E-state index contributed by atoms with van der Waals surface area (Å²) < 4.78 is 0. The smallest absolute Gasteiger partial charge is 0.0155 e. The zero-order valence-corrected chi connectivity index (χ0v) is 17.7. The second kappa shape index (κ2) is 17.0. The summed E-state index contributed by atoms with van der Waals surface area (Å²) >= 11 is 0. The fraction of sp³-hybridized carbons (Fsp3) is 0.909. The van der Waals surface area contributed by atoms with Crippen molar-refractivity contribution < 1.29 is 0 Å². The Morgan fingerprint density at radius 1 is 0.609 bits per heavy atom. The van der Waals surface area contributed by atoms with E-state index in [2.05, 4.69) is 42.2 Å². The van der Waals surface area contributed by atoms with Crippen LogP contribution in [0, 0.1) is 0 Å². The van der Waals surface area contributed by atoms with Gasteiger partial charge in [-0.25, -0.2) is 0 Å². The first-order valence-electron chi connectivity index (χ1n) is 10.6. The first kappa shape index (κ1) is 23.2. The van der Waals surface area contributed by atoms with Crippen molar-refractivity contribution in [2.75, 3.05) is 0 Å². The van der Waals surface area contributed by atoms with Crippen LogP contribution in [0.15, 0.2) is 12.2 Å². The number of rotatable bonds is 17. The van der Waals surface area contributed by atoms with E-state index >= 15 is 0 Å². The zero-order valence-electron chi connectivity index (χ0n) is 16.5. The maximum absolute atomic E-state index is 3.11. The molecule has 0 aromatic rings. The summed E-state index contributed by atoms with van der Waals surface area (Å²) in [5.41, 5.74) is 0. The normalized spacial score (nSPS) is 12.3. The highest BCUT2D eigenvalue weighted by Gasteiger charge is 2.18. The molecule has 0 aromatic carbocycles. The van der Waals surface area contributed by atoms with Crippen molar-refractivity contribution in [2.24, 2.45) is 0 Å². The van der Waals surface area contributed by atoms with Gasteiger partial charge in [0.25, 0.3) is 0 Å². The Labute approximate surface area is 150 Å². The molecule has 0 fully saturated rings. The van der Waals surface area contributed by atoms with Gasteiger partial charge in [-0.05, 0) is 50.1 Å². The molecule has 0 aliphatic rings. The molecule has 0 spiro atoms. The van der Waals surface area contributed by atoms with Crippen LogP contribution in [0.4, 0.5) is 0 Å². The number of allylic oxidation sites excluding steroid dienone is 2. The van der Waals surface area contributed by atoms with Crippen LogP contribution < -0.4 is 0 Å². The minimum absolute atomic E-state index is 0.527. The van der Waals surface area contributed by atoms with Crippen molar-refractivity contribution in [3.63, 3.8) is 0 Å². The summed E-state index contributed by atoms with van der Waals surface area (Å²) in [5, 5.41) is 0.527. The number of hydrogen-bond acceptors (Lipinski definition) is 0. The van der Waals surface area contributed by atoms with Gasteiger partial charge in [0.1, 0.15) is 0 Å². The first-order valence-corrected chi connectivity index (χ1v) is 11.2. The molecule has 0 aromatic heterocycles. The Morgan fingerprint density at radius 2 is 1.04 bits per heavy atom. The number of unbranched alkanes of at least 4 members (excludes halogenated alkanes) is 11. The van der Waals surface area contributed by atoms with Gasteiger partial charge in [-0.3, -0.25) is 0 Å². The maximum Gasteiger partial charge on any atom is -0.0155 e. The minimum atomic E-state index is 0.527. The first-order chi connectivity index (χ1) is 11.2. The van der Waals surface area contributed by atoms with Gasteiger partial charge in [0.05, 0.1) is 0 Å². The van der Waals surface area contributed by atoms with Crippen LogP contribution in [-0.4, -0.2) is 5.16 Å². The SMILES string of the molecule is CCCCCCCC/C=C\CCCCCCCC(P)(CC)CC. The second-order valence-electron chi connectivity index (χ2n) is 7.40. The van der Waals surface area contributed by atoms with E-state index in [1.165, 1.54) is 103 Å². The molecule has 0 bridgehead atoms. The Kier molecular flexibility index (Phi) is 17.1. The van der Waals surface area contributed by atoms with Crippen LogP contribution in [0.1, 0.15) is 124 Å². The average molecular weight is 341 g/mol. The summed E-state index contributed by atoms with van der Waals surface area (Å²) in [7, 11) is 3.11. The van der Waals surface area contributed by atoms with Crippen molar-refractivity contribution in [1.29, 1.82) is 0 Å². The average Bonchev–Trinajstić information content (AvgIpc) is 2.58. The monoisotopic (exact) mass is 340 g/mol. The predicted octanol–water partition coefficient (Wildman–Crippen LogP) is 8.46. The van der Waals surface area contributed by atoms with E-state index in [4.69, 9.17) is 0 Å². The van der Waals surface area contributed by atoms with Crippen molar-refractivity contribution >= 4 is 9.24 Å². The Balaban J connectivity index is 3.25. The molecule has 138 valence electrons. The van der Waals surface area contributed by atoms with E-state index in [1.807, 2.05) is 0 Å². The van der Waals surface area contributed by atoms with Gasteiger partial charge < -0.3 is 0 Å². The van der Waals surface area contributed by atoms with Crippen LogP contribution in [0.5, 0.6) is 0 Å². The van der Waals surface area contributed by atoms with E-state index in [0.29, 0.717) is 5.16 Å². The van der Waals surface area contributed by atoms with E-state index in [1.54, 1.807) is 0 Å². The number of hydrogen-bond donors (Lipinski definition) is 0. The molecule has 0 saturated heterocycles. The fourth-order valence-electron chi connectivity index (χ4n) is 3.15. The minimum Gasteiger partial charge on any atom is -0.131 e. The highest BCUT2D eigenvalue weighted by atomic mass is 31.0. The molecule has 0 radical (unpaired) electrons. The lowest BCUT2D eigenvalue weighted by atomic mass is 9.94. The summed E-state index contributed by atoms with van der Waals surface area (Å²) in [6.45, 7) is 6.94. The molecular formula is C22H45P. The van der Waals surface area contributed by atoms with Crippen LogP contribution in [-0.2, 0) is 0 Å². The maximum atomic E-state index is 3.11. The Hall–Kier alpha value is 0.170. The molecule has 1 atom stereocenters. The van der Waals surface area contributed by atoms with Gasteiger partial charge in [-0.1, -0.05) is 90.7 Å². The molecule has 0 aliphatic carbocycles. The Bertz CT molecular complexity index is 253. The van der Waals surface area contributed by atoms with Crippen LogP contribution in [0.3, 0.4) is 0 Å². The van der Waals surface area contributed by atoms with E-state index in [0.717, 1.165) is 0 Å². The molecule has 0 aliphatic heterocycles. The fourth-order valence-corrected chi connectivity index (χ4v) is 3.36. The standard InChI is InChI=1S/C22H45P/c1-4-7-8-9-10-11-12-13-14-15-16-17-18-19-20-21-22(23,5-2)6-3/h13-14H,4-12,15-21,23H2,1-3H3/b14-13-. The Morgan fingerprint density at radius 3 is 1.52 bits per heavy atom. The van der Waals surface area contributed by atoms with Gasteiger partial charge in [0, 0.05) is 0 Å². The van der Waals surface area contributed by atoms with Crippen LogP contribution in [0.2, 0.25) is 0 Å². The molecule has 0 saturated carbocycles. The summed E-state index contributed by atoms with van der Waals surface area (Å²) in [6, 6.07) is 0. The zero-order chi connectivity index (χ0) is 17.2. The molecule has 0 nitrogen and oxygen atoms in total. The van der Waals surface area contributed by atoms with E-state index in [9.17, 15) is 0 Å². The topological polar surface area (TPSA) is 0 Å². The van der Waals surface area contributed by atoms with Gasteiger partial charge in [0.2, 0.25) is 0 Å². The van der Waals surface area contributed by atoms with Crippen LogP contribution >= 0.6 is 9.24 Å². The molecule has 23 heavy (non-hydrogen) atoms. The van der Waals surface area contributed by atoms with Gasteiger partial charge in [-0.15, -0.1) is 9.24 Å². The molecular weight excluding hydrogens is 295 g/mol. The van der Waals surface area contributed by atoms with Crippen LogP contribution in [0.25, 0.3) is 0 Å². The molecule has 0 amide bonds. The second-order valence-corrected chi connectivity index (χ2v) is 8.63. The molecule has 1 heteroatoms. The molecule has 1 unspecified atom stereocenters. The summed E-state index contributed by atoms with van der Waals surface area (Å²) in [5.74, 6) is 0. The summed E-state index contributed by atoms with van der Waals surface area (Å²) in [4.78, 5) is 0. The quantitative estimate of drug-likeness (QED) is 0.141. The largest absolute Gasteiger partial charge is 0.131 e. The molecule has 0 rings (SSSR count). The van der Waals surface area contributed by atoms with Crippen molar-refractivity contribution in [3.05, 3.63) is 12.2 Å². The van der Waals surface area contributed by atoms with Gasteiger partial charge >= 0.3 is 0 Å². The third-order valence-corrected chi connectivity index (χ3v) is 6.45. The lowest BCUT2D eigenvalue weighted by Gasteiger charge is -2.26. The van der Waals surface area contributed by atoms with E-state index < -0.39 is 0 Å². The van der Waals surface area contributed by atoms with Crippen molar-refractivity contribution in [1.82, 2.24) is 0 Å². The lowest BCUT2D eigenvalue weighted by Crippen LogP contribution is -2.17. The summed E-state index contributed by atoms with van der Waals surface area (Å²) in [6.07, 6.45) is 27.0. The highest BCUT2D eigenvalue weighted by Crippen LogP contribution is 2.32. The van der Waals surface area contributed by atoms with E-state index in [-0.39, 0.29) is 0 Å². The van der Waals surface area contributed by atoms with Crippen molar-refractivity contribution in [2.45, 2.75) is 129 Å². The molecule has 0 N–H and O–H groups in total. The lowest BCUT2D eigenvalue weighted by molar-refractivity contribution is 0.469. The van der Waals surface area contributed by atoms with Gasteiger partial charge in [-0.2, -0.15) is 0 Å². The third kappa shape index (κ3) is 15.4. The van der Waals surface area contributed by atoms with Gasteiger partial charge in [0.15, 0.2) is 0 Å². The van der Waals surface area contributed by atoms with Crippen molar-refractivity contribution in [3.8, 4) is 0 Å². The highest BCUT2D eigenvalue weighted by molar-refractivity contribution is 7.18. The predicted molar refractivity (Wildman–Crippen MR) is 112 cm³/mol.